The normalized spacial score (nSPS) is 17.9. The van der Waals surface area contributed by atoms with Gasteiger partial charge in [-0.2, -0.15) is 0 Å². The summed E-state index contributed by atoms with van der Waals surface area (Å²) in [7, 11) is 0. The quantitative estimate of drug-likeness (QED) is 0.340. The third kappa shape index (κ3) is 7.87. The average Bonchev–Trinajstić information content (AvgIpc) is 2.88. The summed E-state index contributed by atoms with van der Waals surface area (Å²) in [5.41, 5.74) is 1.34. The van der Waals surface area contributed by atoms with Crippen LogP contribution in [-0.4, -0.2) is 87.5 Å². The van der Waals surface area contributed by atoms with Gasteiger partial charge < -0.3 is 35.4 Å². The number of carboxylic acids is 2. The summed E-state index contributed by atoms with van der Waals surface area (Å²) < 4.78 is 1.72. The van der Waals surface area contributed by atoms with Gasteiger partial charge >= 0.3 is 11.9 Å². The molecule has 214 valence electrons. The van der Waals surface area contributed by atoms with E-state index in [-0.39, 0.29) is 23.1 Å². The molecule has 2 aliphatic rings. The highest BCUT2D eigenvalue weighted by Gasteiger charge is 2.32. The zero-order valence-corrected chi connectivity index (χ0v) is 22.9. The number of β-amino-alcohol motifs (C(OH)–C–C–N with tert-alkyl or cyclic N) is 1. The Balaban J connectivity index is 0.000000631. The predicted octanol–water partition coefficient (Wildman–Crippen LogP) is 1.60. The molecule has 4 rings (SSSR count). The topological polar surface area (TPSA) is 161 Å². The van der Waals surface area contributed by atoms with Crippen LogP contribution in [0.3, 0.4) is 0 Å². The fraction of sp³-hybridized carbons (Fsp3) is 0.571. The number of hydrogen-bond acceptors (Lipinski definition) is 7. The van der Waals surface area contributed by atoms with Gasteiger partial charge in [0, 0.05) is 24.5 Å². The molecule has 11 heteroatoms. The third-order valence-electron chi connectivity index (χ3n) is 7.55. The lowest BCUT2D eigenvalue weighted by atomic mass is 9.90. The SMILES string of the molecule is Cc1cccc2c1cc(C(=O)NCC1CCN(CC3(O)CCNCC3)CC1)c(=O)n2C(C)C.O=C(O)C(=O)O. The molecule has 39 heavy (non-hydrogen) atoms. The van der Waals surface area contributed by atoms with Crippen LogP contribution in [-0.2, 0) is 9.59 Å². The average molecular weight is 545 g/mol. The summed E-state index contributed by atoms with van der Waals surface area (Å²) in [5, 5.41) is 32.9. The molecule has 2 saturated heterocycles. The Bertz CT molecular complexity index is 1230. The number of pyridine rings is 1. The second kappa shape index (κ2) is 13.2. The first-order valence-corrected chi connectivity index (χ1v) is 13.5. The van der Waals surface area contributed by atoms with Gasteiger partial charge in [-0.05, 0) is 96.2 Å². The van der Waals surface area contributed by atoms with Crippen molar-refractivity contribution in [2.75, 3.05) is 39.3 Å². The van der Waals surface area contributed by atoms with Gasteiger partial charge in [0.15, 0.2) is 0 Å². The minimum Gasteiger partial charge on any atom is -0.473 e. The maximum atomic E-state index is 13.2. The zero-order chi connectivity index (χ0) is 28.7. The predicted molar refractivity (Wildman–Crippen MR) is 147 cm³/mol. The molecule has 1 aromatic heterocycles. The number of aryl methyl sites for hydroxylation is 1. The van der Waals surface area contributed by atoms with E-state index in [4.69, 9.17) is 19.8 Å². The monoisotopic (exact) mass is 544 g/mol. The Labute approximate surface area is 227 Å². The third-order valence-corrected chi connectivity index (χ3v) is 7.55. The van der Waals surface area contributed by atoms with Crippen LogP contribution in [0.4, 0.5) is 0 Å². The standard InChI is InChI=1S/C26H38N4O3.C2H2O4/c1-18(2)30-23-6-4-5-19(3)21(23)15-22(25(30)32)24(31)28-16-20-7-13-29(14-8-20)17-26(33)9-11-27-12-10-26;3-1(4)2(5)6/h4-6,15,18,20,27,33H,7-14,16-17H2,1-3H3,(H,28,31);(H,3,4)(H,5,6). The van der Waals surface area contributed by atoms with Crippen molar-refractivity contribution < 1.29 is 29.7 Å². The second-order valence-corrected chi connectivity index (χ2v) is 10.8. The number of piperidine rings is 2. The molecular formula is C28H40N4O7. The molecule has 0 radical (unpaired) electrons. The van der Waals surface area contributed by atoms with Crippen molar-refractivity contribution in [3.05, 3.63) is 45.7 Å². The summed E-state index contributed by atoms with van der Waals surface area (Å²) in [6.07, 6.45) is 3.59. The number of aromatic nitrogens is 1. The van der Waals surface area contributed by atoms with E-state index in [1.165, 1.54) is 0 Å². The first-order valence-electron chi connectivity index (χ1n) is 13.5. The molecule has 0 unspecified atom stereocenters. The molecule has 3 heterocycles. The number of rotatable bonds is 6. The van der Waals surface area contributed by atoms with E-state index in [1.54, 1.807) is 10.6 Å². The minimum absolute atomic E-state index is 0.0337. The number of fused-ring (bicyclic) bond motifs is 1. The molecular weight excluding hydrogens is 504 g/mol. The Kier molecular flexibility index (Phi) is 10.2. The van der Waals surface area contributed by atoms with E-state index in [1.807, 2.05) is 39.0 Å². The van der Waals surface area contributed by atoms with Crippen molar-refractivity contribution >= 4 is 28.7 Å². The number of hydrogen-bond donors (Lipinski definition) is 5. The maximum Gasteiger partial charge on any atom is 0.414 e. The number of carbonyl (C=O) groups is 3. The van der Waals surface area contributed by atoms with Crippen LogP contribution >= 0.6 is 0 Å². The largest absolute Gasteiger partial charge is 0.473 e. The maximum absolute atomic E-state index is 13.2. The van der Waals surface area contributed by atoms with E-state index < -0.39 is 17.5 Å². The van der Waals surface area contributed by atoms with Crippen LogP contribution in [0.5, 0.6) is 0 Å². The Morgan fingerprint density at radius 2 is 1.72 bits per heavy atom. The van der Waals surface area contributed by atoms with Crippen LogP contribution in [0, 0.1) is 12.8 Å². The molecule has 2 aliphatic heterocycles. The molecule has 0 atom stereocenters. The summed E-state index contributed by atoms with van der Waals surface area (Å²) in [5.74, 6) is -3.54. The van der Waals surface area contributed by atoms with E-state index in [0.29, 0.717) is 12.5 Å². The van der Waals surface area contributed by atoms with E-state index in [0.717, 1.165) is 74.9 Å². The van der Waals surface area contributed by atoms with E-state index in [2.05, 4.69) is 15.5 Å². The van der Waals surface area contributed by atoms with Crippen LogP contribution in [0.1, 0.15) is 61.5 Å². The number of carboxylic acid groups (broad SMARTS) is 2. The molecule has 1 aromatic carbocycles. The number of nitrogens with zero attached hydrogens (tertiary/aromatic N) is 2. The molecule has 5 N–H and O–H groups in total. The van der Waals surface area contributed by atoms with Crippen LogP contribution < -0.4 is 16.2 Å². The van der Waals surface area contributed by atoms with Gasteiger partial charge in [0.25, 0.3) is 11.5 Å². The second-order valence-electron chi connectivity index (χ2n) is 10.8. The lowest BCUT2D eigenvalue weighted by Gasteiger charge is -2.40. The molecule has 0 aliphatic carbocycles. The van der Waals surface area contributed by atoms with E-state index in [9.17, 15) is 14.7 Å². The molecule has 2 fully saturated rings. The molecule has 2 aromatic rings. The Hall–Kier alpha value is -3.28. The number of aliphatic hydroxyl groups is 1. The minimum atomic E-state index is -1.82. The van der Waals surface area contributed by atoms with Gasteiger partial charge in [0.1, 0.15) is 5.56 Å². The Morgan fingerprint density at radius 3 is 2.28 bits per heavy atom. The van der Waals surface area contributed by atoms with Gasteiger partial charge in [-0.3, -0.25) is 9.59 Å². The van der Waals surface area contributed by atoms with Crippen LogP contribution in [0.25, 0.3) is 10.9 Å². The number of benzene rings is 1. The number of carbonyl (C=O) groups excluding carboxylic acids is 1. The van der Waals surface area contributed by atoms with Crippen molar-refractivity contribution in [1.29, 1.82) is 0 Å². The van der Waals surface area contributed by atoms with Gasteiger partial charge in [-0.25, -0.2) is 9.59 Å². The first-order chi connectivity index (χ1) is 18.4. The van der Waals surface area contributed by atoms with Gasteiger partial charge in [-0.1, -0.05) is 12.1 Å². The van der Waals surface area contributed by atoms with Crippen molar-refractivity contribution in [2.24, 2.45) is 5.92 Å². The molecule has 1 amide bonds. The molecule has 0 saturated carbocycles. The molecule has 0 spiro atoms. The lowest BCUT2D eigenvalue weighted by Crippen LogP contribution is -2.51. The van der Waals surface area contributed by atoms with Crippen LogP contribution in [0.2, 0.25) is 0 Å². The summed E-state index contributed by atoms with van der Waals surface area (Å²) in [4.78, 5) is 46.7. The summed E-state index contributed by atoms with van der Waals surface area (Å²) >= 11 is 0. The smallest absolute Gasteiger partial charge is 0.414 e. The number of nitrogens with one attached hydrogen (secondary N) is 2. The number of amides is 1. The summed E-state index contributed by atoms with van der Waals surface area (Å²) in [6, 6.07) is 7.62. The van der Waals surface area contributed by atoms with Crippen molar-refractivity contribution in [2.45, 2.75) is 58.1 Å². The van der Waals surface area contributed by atoms with Gasteiger partial charge in [0.05, 0.1) is 11.1 Å². The highest BCUT2D eigenvalue weighted by molar-refractivity contribution is 6.27. The van der Waals surface area contributed by atoms with Crippen LogP contribution in [0.15, 0.2) is 29.1 Å². The Morgan fingerprint density at radius 1 is 1.10 bits per heavy atom. The fourth-order valence-electron chi connectivity index (χ4n) is 5.33. The number of aliphatic carboxylic acids is 2. The fourth-order valence-corrected chi connectivity index (χ4v) is 5.33. The highest BCUT2D eigenvalue weighted by atomic mass is 16.4. The van der Waals surface area contributed by atoms with Gasteiger partial charge in [-0.15, -0.1) is 0 Å². The molecule has 0 bridgehead atoms. The zero-order valence-electron chi connectivity index (χ0n) is 22.9. The van der Waals surface area contributed by atoms with E-state index >= 15 is 0 Å². The lowest BCUT2D eigenvalue weighted by molar-refractivity contribution is -0.159. The summed E-state index contributed by atoms with van der Waals surface area (Å²) in [6.45, 7) is 10.9. The van der Waals surface area contributed by atoms with Crippen molar-refractivity contribution in [1.82, 2.24) is 20.1 Å². The molecule has 11 nitrogen and oxygen atoms in total. The van der Waals surface area contributed by atoms with Crippen molar-refractivity contribution in [3.63, 3.8) is 0 Å². The van der Waals surface area contributed by atoms with Gasteiger partial charge in [0.2, 0.25) is 0 Å². The highest BCUT2D eigenvalue weighted by Crippen LogP contribution is 2.24. The van der Waals surface area contributed by atoms with Crippen molar-refractivity contribution in [3.8, 4) is 0 Å². The number of likely N-dealkylation sites (tertiary alicyclic amines) is 1. The first kappa shape index (κ1) is 30.3.